The Kier molecular flexibility index (Phi) is 4.24. The molecule has 2 saturated heterocycles. The molecule has 3 heterocycles. The molecule has 0 radical (unpaired) electrons. The molecule has 5 heteroatoms. The quantitative estimate of drug-likeness (QED) is 0.915. The number of amides is 1. The highest BCUT2D eigenvalue weighted by molar-refractivity contribution is 9.10. The van der Waals surface area contributed by atoms with Crippen molar-refractivity contribution in [1.29, 1.82) is 0 Å². The molecule has 0 saturated carbocycles. The summed E-state index contributed by atoms with van der Waals surface area (Å²) in [6, 6.07) is 3.05. The van der Waals surface area contributed by atoms with E-state index in [4.69, 9.17) is 0 Å². The van der Waals surface area contributed by atoms with Crippen LogP contribution in [0.15, 0.2) is 15.9 Å². The Morgan fingerprint density at radius 1 is 1.42 bits per heavy atom. The van der Waals surface area contributed by atoms with Crippen LogP contribution in [0.25, 0.3) is 0 Å². The number of carbonyl (C=O) groups excluding carboxylic acids is 1. The molecule has 2 atom stereocenters. The van der Waals surface area contributed by atoms with Gasteiger partial charge in [-0.1, -0.05) is 0 Å². The van der Waals surface area contributed by atoms with Crippen LogP contribution in [0.2, 0.25) is 0 Å². The maximum atomic E-state index is 12.5. The predicted octanol–water partition coefficient (Wildman–Crippen LogP) is 2.80. The second-order valence-electron chi connectivity index (χ2n) is 5.41. The van der Waals surface area contributed by atoms with Crippen LogP contribution in [0.1, 0.15) is 30.6 Å². The number of hydrogen-bond acceptors (Lipinski definition) is 3. The first-order chi connectivity index (χ1) is 9.24. The molecule has 3 nitrogen and oxygen atoms in total. The molecule has 2 aliphatic rings. The number of fused-ring (bicyclic) bond motifs is 2. The van der Waals surface area contributed by atoms with E-state index in [-0.39, 0.29) is 0 Å². The average Bonchev–Trinajstić information content (AvgIpc) is 2.89. The van der Waals surface area contributed by atoms with Gasteiger partial charge in [0.2, 0.25) is 5.91 Å². The van der Waals surface area contributed by atoms with Crippen molar-refractivity contribution in [1.82, 2.24) is 10.2 Å². The zero-order chi connectivity index (χ0) is 13.2. The lowest BCUT2D eigenvalue weighted by atomic mass is 10.1. The molecule has 1 amide bonds. The molecule has 0 aromatic carbocycles. The second-order valence-corrected chi connectivity index (χ2v) is 7.32. The fourth-order valence-corrected chi connectivity index (χ4v) is 4.69. The molecule has 1 aromatic rings. The summed E-state index contributed by atoms with van der Waals surface area (Å²) in [6.07, 6.45) is 5.02. The number of aryl methyl sites for hydroxylation is 1. The number of rotatable bonds is 3. The Hall–Kier alpha value is -0.390. The van der Waals surface area contributed by atoms with Gasteiger partial charge < -0.3 is 10.2 Å². The van der Waals surface area contributed by atoms with Gasteiger partial charge in [0.05, 0.1) is 0 Å². The minimum Gasteiger partial charge on any atom is -0.335 e. The number of thiophene rings is 1. The van der Waals surface area contributed by atoms with Crippen LogP contribution < -0.4 is 5.32 Å². The molecule has 3 rings (SSSR count). The summed E-state index contributed by atoms with van der Waals surface area (Å²) in [6.45, 7) is 2.04. The highest BCUT2D eigenvalue weighted by Gasteiger charge is 2.37. The van der Waals surface area contributed by atoms with E-state index in [1.807, 2.05) is 0 Å². The van der Waals surface area contributed by atoms with Crippen LogP contribution in [0.4, 0.5) is 0 Å². The van der Waals surface area contributed by atoms with Crippen LogP contribution in [0, 0.1) is 0 Å². The van der Waals surface area contributed by atoms with E-state index >= 15 is 0 Å². The van der Waals surface area contributed by atoms with Crippen LogP contribution in [-0.2, 0) is 11.2 Å². The van der Waals surface area contributed by atoms with Crippen LogP contribution in [-0.4, -0.2) is 36.0 Å². The van der Waals surface area contributed by atoms with Gasteiger partial charge in [-0.05, 0) is 54.2 Å². The Morgan fingerprint density at radius 3 is 3.05 bits per heavy atom. The highest BCUT2D eigenvalue weighted by atomic mass is 79.9. The maximum Gasteiger partial charge on any atom is 0.223 e. The van der Waals surface area contributed by atoms with Gasteiger partial charge in [-0.25, -0.2) is 0 Å². The Morgan fingerprint density at radius 2 is 2.26 bits per heavy atom. The van der Waals surface area contributed by atoms with Gasteiger partial charge in [0.15, 0.2) is 0 Å². The number of nitrogens with one attached hydrogen (secondary N) is 1. The Bertz CT molecular complexity index is 448. The first-order valence-electron chi connectivity index (χ1n) is 6.99. The minimum absolute atomic E-state index is 0.348. The number of nitrogens with zero attached hydrogens (tertiary/aromatic N) is 1. The van der Waals surface area contributed by atoms with E-state index in [2.05, 4.69) is 37.6 Å². The van der Waals surface area contributed by atoms with Gasteiger partial charge in [-0.3, -0.25) is 4.79 Å². The van der Waals surface area contributed by atoms with E-state index in [0.717, 1.165) is 30.4 Å². The standard InChI is InChI=1S/C14H19BrN2OS/c15-10-7-13(19-9-10)3-4-14(18)17-11-1-2-12(17)8-16-6-5-11/h7,9,11-12,16H,1-6,8H2. The number of hydrogen-bond donors (Lipinski definition) is 1. The molecule has 2 fully saturated rings. The van der Waals surface area contributed by atoms with Crippen molar-refractivity contribution in [2.75, 3.05) is 13.1 Å². The van der Waals surface area contributed by atoms with Gasteiger partial charge in [0, 0.05) is 39.8 Å². The lowest BCUT2D eigenvalue weighted by molar-refractivity contribution is -0.133. The van der Waals surface area contributed by atoms with Crippen molar-refractivity contribution >= 4 is 33.2 Å². The Labute approximate surface area is 126 Å². The van der Waals surface area contributed by atoms with Gasteiger partial charge >= 0.3 is 0 Å². The maximum absolute atomic E-state index is 12.5. The molecule has 2 bridgehead atoms. The molecule has 2 unspecified atom stereocenters. The molecular formula is C14H19BrN2OS. The molecule has 2 aliphatic heterocycles. The van der Waals surface area contributed by atoms with Gasteiger partial charge in [0.1, 0.15) is 0 Å². The third kappa shape index (κ3) is 3.03. The summed E-state index contributed by atoms with van der Waals surface area (Å²) >= 11 is 5.19. The summed E-state index contributed by atoms with van der Waals surface area (Å²) < 4.78 is 1.12. The first kappa shape index (κ1) is 13.6. The lowest BCUT2D eigenvalue weighted by Crippen LogP contribution is -2.42. The summed E-state index contributed by atoms with van der Waals surface area (Å²) in [5, 5.41) is 5.53. The highest BCUT2D eigenvalue weighted by Crippen LogP contribution is 2.29. The monoisotopic (exact) mass is 342 g/mol. The Balaban J connectivity index is 1.60. The van der Waals surface area contributed by atoms with E-state index in [9.17, 15) is 4.79 Å². The topological polar surface area (TPSA) is 32.3 Å². The molecular weight excluding hydrogens is 324 g/mol. The van der Waals surface area contributed by atoms with Crippen molar-refractivity contribution in [3.05, 3.63) is 20.8 Å². The van der Waals surface area contributed by atoms with E-state index in [1.54, 1.807) is 11.3 Å². The van der Waals surface area contributed by atoms with Gasteiger partial charge in [-0.2, -0.15) is 0 Å². The van der Waals surface area contributed by atoms with Crippen LogP contribution >= 0.6 is 27.3 Å². The fraction of sp³-hybridized carbons (Fsp3) is 0.643. The van der Waals surface area contributed by atoms with E-state index in [0.29, 0.717) is 24.4 Å². The van der Waals surface area contributed by atoms with Crippen molar-refractivity contribution in [2.24, 2.45) is 0 Å². The summed E-state index contributed by atoms with van der Waals surface area (Å²) in [4.78, 5) is 16.0. The third-order valence-electron chi connectivity index (χ3n) is 4.15. The molecule has 1 aromatic heterocycles. The summed E-state index contributed by atoms with van der Waals surface area (Å²) in [5.74, 6) is 0.348. The molecule has 0 spiro atoms. The number of carbonyl (C=O) groups is 1. The van der Waals surface area contributed by atoms with Gasteiger partial charge in [-0.15, -0.1) is 11.3 Å². The average molecular weight is 343 g/mol. The van der Waals surface area contributed by atoms with Crippen LogP contribution in [0.3, 0.4) is 0 Å². The van der Waals surface area contributed by atoms with Crippen molar-refractivity contribution in [3.63, 3.8) is 0 Å². The normalized spacial score (nSPS) is 26.5. The number of halogens is 1. The molecule has 0 aliphatic carbocycles. The zero-order valence-electron chi connectivity index (χ0n) is 10.9. The van der Waals surface area contributed by atoms with Crippen molar-refractivity contribution < 1.29 is 4.79 Å². The second kappa shape index (κ2) is 5.94. The van der Waals surface area contributed by atoms with E-state index < -0.39 is 0 Å². The molecule has 1 N–H and O–H groups in total. The zero-order valence-corrected chi connectivity index (χ0v) is 13.3. The van der Waals surface area contributed by atoms with Gasteiger partial charge in [0.25, 0.3) is 0 Å². The SMILES string of the molecule is O=C(CCc1cc(Br)cs1)N1C2CCNCC1CC2. The molecule has 19 heavy (non-hydrogen) atoms. The lowest BCUT2D eigenvalue weighted by Gasteiger charge is -2.27. The van der Waals surface area contributed by atoms with Crippen molar-refractivity contribution in [3.8, 4) is 0 Å². The first-order valence-corrected chi connectivity index (χ1v) is 8.66. The summed E-state index contributed by atoms with van der Waals surface area (Å²) in [7, 11) is 0. The largest absolute Gasteiger partial charge is 0.335 e. The minimum atomic E-state index is 0.348. The smallest absolute Gasteiger partial charge is 0.223 e. The fourth-order valence-electron chi connectivity index (χ4n) is 3.23. The van der Waals surface area contributed by atoms with Crippen LogP contribution in [0.5, 0.6) is 0 Å². The molecule has 104 valence electrons. The summed E-state index contributed by atoms with van der Waals surface area (Å²) in [5.41, 5.74) is 0. The van der Waals surface area contributed by atoms with Crippen molar-refractivity contribution in [2.45, 2.75) is 44.2 Å². The predicted molar refractivity (Wildman–Crippen MR) is 81.5 cm³/mol. The third-order valence-corrected chi connectivity index (χ3v) is 5.91. The van der Waals surface area contributed by atoms with E-state index in [1.165, 1.54) is 17.7 Å².